The minimum absolute atomic E-state index is 0.820. The molecule has 1 atom stereocenters. The monoisotopic (exact) mass is 197 g/mol. The first-order chi connectivity index (χ1) is 7.33. The van der Waals surface area contributed by atoms with Crippen molar-refractivity contribution >= 4 is 10.9 Å². The van der Waals surface area contributed by atoms with Gasteiger partial charge in [-0.2, -0.15) is 0 Å². The number of para-hydroxylation sites is 1. The van der Waals surface area contributed by atoms with Crippen molar-refractivity contribution in [2.75, 3.05) is 0 Å². The number of fused-ring (bicyclic) bond motifs is 2. The summed E-state index contributed by atoms with van der Waals surface area (Å²) in [5, 5.41) is 1.28. The van der Waals surface area contributed by atoms with Crippen molar-refractivity contribution in [1.29, 1.82) is 0 Å². The van der Waals surface area contributed by atoms with Crippen molar-refractivity contribution in [1.82, 2.24) is 4.98 Å². The molecule has 2 aromatic rings. The first-order valence-electron chi connectivity index (χ1n) is 5.70. The van der Waals surface area contributed by atoms with Gasteiger partial charge in [0.15, 0.2) is 0 Å². The number of pyridine rings is 1. The van der Waals surface area contributed by atoms with Gasteiger partial charge in [-0.25, -0.2) is 0 Å². The second-order valence-corrected chi connectivity index (χ2v) is 4.63. The fourth-order valence-corrected chi connectivity index (χ4v) is 2.45. The van der Waals surface area contributed by atoms with Crippen molar-refractivity contribution in [2.45, 2.75) is 26.2 Å². The first kappa shape index (κ1) is 8.90. The van der Waals surface area contributed by atoms with Crippen LogP contribution in [0.5, 0.6) is 0 Å². The Morgan fingerprint density at radius 2 is 2.13 bits per heavy atom. The summed E-state index contributed by atoms with van der Waals surface area (Å²) in [7, 11) is 0. The summed E-state index contributed by atoms with van der Waals surface area (Å²) in [5.74, 6) is 0.820. The molecule has 0 unspecified atom stereocenters. The molecular weight excluding hydrogens is 182 g/mol. The van der Waals surface area contributed by atoms with Crippen LogP contribution in [0.25, 0.3) is 10.9 Å². The van der Waals surface area contributed by atoms with E-state index in [1.54, 1.807) is 0 Å². The van der Waals surface area contributed by atoms with Crippen LogP contribution >= 0.6 is 0 Å². The molecule has 76 valence electrons. The van der Waals surface area contributed by atoms with Gasteiger partial charge in [0.1, 0.15) is 0 Å². The molecule has 0 saturated carbocycles. The molecule has 1 aliphatic rings. The third-order valence-electron chi connectivity index (χ3n) is 3.33. The highest BCUT2D eigenvalue weighted by molar-refractivity contribution is 5.79. The number of hydrogen-bond donors (Lipinski definition) is 0. The summed E-state index contributed by atoms with van der Waals surface area (Å²) < 4.78 is 0. The Hall–Kier alpha value is -1.37. The molecule has 0 radical (unpaired) electrons. The molecule has 0 fully saturated rings. The Bertz CT molecular complexity index is 502. The molecule has 0 saturated heterocycles. The largest absolute Gasteiger partial charge is 0.253 e. The van der Waals surface area contributed by atoms with E-state index >= 15 is 0 Å². The quantitative estimate of drug-likeness (QED) is 0.631. The van der Waals surface area contributed by atoms with Gasteiger partial charge in [0, 0.05) is 11.1 Å². The molecule has 1 heterocycles. The van der Waals surface area contributed by atoms with Crippen molar-refractivity contribution in [2.24, 2.45) is 5.92 Å². The van der Waals surface area contributed by atoms with Gasteiger partial charge < -0.3 is 0 Å². The number of aromatic nitrogens is 1. The summed E-state index contributed by atoms with van der Waals surface area (Å²) in [4.78, 5) is 4.75. The van der Waals surface area contributed by atoms with E-state index in [4.69, 9.17) is 4.98 Å². The van der Waals surface area contributed by atoms with Gasteiger partial charge in [0.2, 0.25) is 0 Å². The number of nitrogens with zero attached hydrogens (tertiary/aromatic N) is 1. The van der Waals surface area contributed by atoms with Crippen LogP contribution in [0.3, 0.4) is 0 Å². The normalized spacial score (nSPS) is 20.2. The minimum atomic E-state index is 0.820. The van der Waals surface area contributed by atoms with Gasteiger partial charge in [-0.05, 0) is 42.9 Å². The zero-order valence-corrected chi connectivity index (χ0v) is 9.03. The average Bonchev–Trinajstić information content (AvgIpc) is 2.26. The summed E-state index contributed by atoms with van der Waals surface area (Å²) in [5.41, 5.74) is 3.94. The lowest BCUT2D eigenvalue weighted by atomic mass is 9.87. The molecule has 0 amide bonds. The molecule has 3 rings (SSSR count). The van der Waals surface area contributed by atoms with Crippen LogP contribution in [0.15, 0.2) is 30.3 Å². The summed E-state index contributed by atoms with van der Waals surface area (Å²) >= 11 is 0. The highest BCUT2D eigenvalue weighted by atomic mass is 14.7. The van der Waals surface area contributed by atoms with Gasteiger partial charge in [-0.3, -0.25) is 4.98 Å². The van der Waals surface area contributed by atoms with E-state index < -0.39 is 0 Å². The number of benzene rings is 1. The van der Waals surface area contributed by atoms with E-state index in [1.165, 1.54) is 29.5 Å². The molecule has 15 heavy (non-hydrogen) atoms. The number of hydrogen-bond acceptors (Lipinski definition) is 1. The zero-order chi connectivity index (χ0) is 10.3. The maximum absolute atomic E-state index is 4.75. The van der Waals surface area contributed by atoms with Crippen LogP contribution in [0, 0.1) is 5.92 Å². The lowest BCUT2D eigenvalue weighted by Gasteiger charge is -2.20. The fourth-order valence-electron chi connectivity index (χ4n) is 2.45. The summed E-state index contributed by atoms with van der Waals surface area (Å²) in [6.45, 7) is 2.33. The molecule has 1 aliphatic carbocycles. The molecule has 0 bridgehead atoms. The SMILES string of the molecule is C[C@H]1CCc2nc3ccccc3cc2C1. The Labute approximate surface area is 90.2 Å². The lowest BCUT2D eigenvalue weighted by Crippen LogP contribution is -2.12. The van der Waals surface area contributed by atoms with Gasteiger partial charge >= 0.3 is 0 Å². The van der Waals surface area contributed by atoms with E-state index in [2.05, 4.69) is 37.3 Å². The Morgan fingerprint density at radius 1 is 1.27 bits per heavy atom. The van der Waals surface area contributed by atoms with Gasteiger partial charge in [0.25, 0.3) is 0 Å². The van der Waals surface area contributed by atoms with E-state index in [1.807, 2.05) is 0 Å². The fraction of sp³-hybridized carbons (Fsp3) is 0.357. The molecule has 1 aromatic heterocycles. The number of aryl methyl sites for hydroxylation is 1. The second-order valence-electron chi connectivity index (χ2n) is 4.63. The van der Waals surface area contributed by atoms with Crippen LogP contribution < -0.4 is 0 Å². The molecular formula is C14H15N. The van der Waals surface area contributed by atoms with E-state index in [9.17, 15) is 0 Å². The van der Waals surface area contributed by atoms with Crippen molar-refractivity contribution in [3.63, 3.8) is 0 Å². The third kappa shape index (κ3) is 1.52. The van der Waals surface area contributed by atoms with Crippen LogP contribution in [0.4, 0.5) is 0 Å². The Kier molecular flexibility index (Phi) is 1.98. The first-order valence-corrected chi connectivity index (χ1v) is 5.70. The van der Waals surface area contributed by atoms with E-state index in [0.29, 0.717) is 0 Å². The predicted molar refractivity (Wildman–Crippen MR) is 62.9 cm³/mol. The van der Waals surface area contributed by atoms with Gasteiger partial charge in [0.05, 0.1) is 5.52 Å². The Balaban J connectivity index is 2.20. The lowest BCUT2D eigenvalue weighted by molar-refractivity contribution is 0.495. The molecule has 0 N–H and O–H groups in total. The van der Waals surface area contributed by atoms with Crippen LogP contribution in [-0.2, 0) is 12.8 Å². The van der Waals surface area contributed by atoms with Crippen LogP contribution in [0.1, 0.15) is 24.6 Å². The molecule has 0 aliphatic heterocycles. The van der Waals surface area contributed by atoms with Gasteiger partial charge in [-0.15, -0.1) is 0 Å². The van der Waals surface area contributed by atoms with E-state index in [-0.39, 0.29) is 0 Å². The standard InChI is InChI=1S/C14H15N/c1-10-6-7-14-12(8-10)9-11-4-2-3-5-13(11)15-14/h2-5,9-10H,6-8H2,1H3/t10-/m0/s1. The minimum Gasteiger partial charge on any atom is -0.253 e. The highest BCUT2D eigenvalue weighted by Crippen LogP contribution is 2.26. The zero-order valence-electron chi connectivity index (χ0n) is 9.03. The maximum Gasteiger partial charge on any atom is 0.0705 e. The average molecular weight is 197 g/mol. The summed E-state index contributed by atoms with van der Waals surface area (Å²) in [6, 6.07) is 10.7. The van der Waals surface area contributed by atoms with Crippen LogP contribution in [-0.4, -0.2) is 4.98 Å². The second kappa shape index (κ2) is 3.34. The van der Waals surface area contributed by atoms with Gasteiger partial charge in [-0.1, -0.05) is 25.1 Å². The third-order valence-corrected chi connectivity index (χ3v) is 3.33. The molecule has 0 spiro atoms. The molecule has 1 nitrogen and oxygen atoms in total. The highest BCUT2D eigenvalue weighted by Gasteiger charge is 2.16. The predicted octanol–water partition coefficient (Wildman–Crippen LogP) is 3.36. The van der Waals surface area contributed by atoms with Crippen molar-refractivity contribution in [3.05, 3.63) is 41.6 Å². The summed E-state index contributed by atoms with van der Waals surface area (Å²) in [6.07, 6.45) is 3.65. The topological polar surface area (TPSA) is 12.9 Å². The van der Waals surface area contributed by atoms with E-state index in [0.717, 1.165) is 17.9 Å². The smallest absolute Gasteiger partial charge is 0.0705 e. The van der Waals surface area contributed by atoms with Crippen LogP contribution in [0.2, 0.25) is 0 Å². The van der Waals surface area contributed by atoms with Crippen molar-refractivity contribution in [3.8, 4) is 0 Å². The maximum atomic E-state index is 4.75. The molecule has 1 aromatic carbocycles. The van der Waals surface area contributed by atoms with Crippen molar-refractivity contribution < 1.29 is 0 Å². The Morgan fingerprint density at radius 3 is 3.07 bits per heavy atom. The number of rotatable bonds is 0. The molecule has 1 heteroatoms.